The number of rotatable bonds is 1. The molecule has 0 aromatic heterocycles. The Morgan fingerprint density at radius 2 is 2.13 bits per heavy atom. The minimum atomic E-state index is -0.922. The number of aryl methyl sites for hydroxylation is 1. The molecule has 0 spiro atoms. The van der Waals surface area contributed by atoms with Crippen LogP contribution in [0.5, 0.6) is 0 Å². The van der Waals surface area contributed by atoms with Crippen LogP contribution in [-0.2, 0) is 10.5 Å². The molecule has 0 amide bonds. The molecule has 0 heterocycles. The molecular formula is C12H12O3. The van der Waals surface area contributed by atoms with E-state index in [1.807, 2.05) is 19.1 Å². The molecular weight excluding hydrogens is 192 g/mol. The molecule has 0 aliphatic heterocycles. The Morgan fingerprint density at radius 1 is 1.40 bits per heavy atom. The maximum atomic E-state index is 11.6. The largest absolute Gasteiger partial charge is 0.289 e. The van der Waals surface area contributed by atoms with Gasteiger partial charge in [0.1, 0.15) is 5.60 Å². The second-order valence-corrected chi connectivity index (χ2v) is 3.89. The highest BCUT2D eigenvalue weighted by molar-refractivity contribution is 6.07. The fraction of sp³-hybridized carbons (Fsp3) is 0.250. The van der Waals surface area contributed by atoms with Crippen molar-refractivity contribution in [2.75, 3.05) is 0 Å². The van der Waals surface area contributed by atoms with E-state index in [1.54, 1.807) is 19.1 Å². The predicted molar refractivity (Wildman–Crippen MR) is 55.7 cm³/mol. The van der Waals surface area contributed by atoms with Gasteiger partial charge in [0, 0.05) is 11.1 Å². The lowest BCUT2D eigenvalue weighted by atomic mass is 9.82. The predicted octanol–water partition coefficient (Wildman–Crippen LogP) is 2.45. The molecule has 1 aromatic rings. The third-order valence-electron chi connectivity index (χ3n) is 2.78. The van der Waals surface area contributed by atoms with Gasteiger partial charge in [-0.3, -0.25) is 10.1 Å². The molecule has 0 saturated carbocycles. The van der Waals surface area contributed by atoms with E-state index < -0.39 is 5.60 Å². The number of allylic oxidation sites excluding steroid dienone is 1. The van der Waals surface area contributed by atoms with Crippen LogP contribution in [0, 0.1) is 6.92 Å². The Kier molecular flexibility index (Phi) is 2.21. The zero-order valence-corrected chi connectivity index (χ0v) is 8.65. The summed E-state index contributed by atoms with van der Waals surface area (Å²) in [5, 5.41) is 8.95. The average Bonchev–Trinajstić information content (AvgIpc) is 2.24. The summed E-state index contributed by atoms with van der Waals surface area (Å²) in [6.07, 6.45) is 3.00. The van der Waals surface area contributed by atoms with Gasteiger partial charge in [-0.25, -0.2) is 4.89 Å². The minimum absolute atomic E-state index is 0.0526. The quantitative estimate of drug-likeness (QED) is 0.564. The van der Waals surface area contributed by atoms with Crippen LogP contribution in [0.4, 0.5) is 0 Å². The maximum Gasteiger partial charge on any atom is 0.186 e. The summed E-state index contributed by atoms with van der Waals surface area (Å²) in [5.41, 5.74) is 1.34. The lowest BCUT2D eigenvalue weighted by Crippen LogP contribution is -2.29. The standard InChI is InChI=1S/C12H12O3/c1-8-4-3-5-9-10(13)6-7-12(2,15-14)11(8)9/h3-7,14H,1-2H3/t12-/m0/s1. The third-order valence-corrected chi connectivity index (χ3v) is 2.78. The van der Waals surface area contributed by atoms with Crippen molar-refractivity contribution in [2.45, 2.75) is 19.4 Å². The highest BCUT2D eigenvalue weighted by Crippen LogP contribution is 2.35. The van der Waals surface area contributed by atoms with Crippen LogP contribution in [0.15, 0.2) is 30.4 Å². The minimum Gasteiger partial charge on any atom is -0.289 e. The van der Waals surface area contributed by atoms with Gasteiger partial charge in [-0.15, -0.1) is 0 Å². The fourth-order valence-corrected chi connectivity index (χ4v) is 2.02. The van der Waals surface area contributed by atoms with Crippen LogP contribution in [0.2, 0.25) is 0 Å². The van der Waals surface area contributed by atoms with E-state index in [2.05, 4.69) is 4.89 Å². The first kappa shape index (κ1) is 10.1. The summed E-state index contributed by atoms with van der Waals surface area (Å²) in [4.78, 5) is 16.1. The van der Waals surface area contributed by atoms with E-state index in [0.29, 0.717) is 5.56 Å². The molecule has 2 rings (SSSR count). The number of benzene rings is 1. The van der Waals surface area contributed by atoms with Gasteiger partial charge in [-0.05, 0) is 31.6 Å². The summed E-state index contributed by atoms with van der Waals surface area (Å²) in [6, 6.07) is 5.46. The Bertz CT molecular complexity index is 448. The van der Waals surface area contributed by atoms with Crippen molar-refractivity contribution in [3.05, 3.63) is 47.0 Å². The lowest BCUT2D eigenvalue weighted by Gasteiger charge is -2.29. The first-order valence-corrected chi connectivity index (χ1v) is 4.75. The van der Waals surface area contributed by atoms with E-state index in [0.717, 1.165) is 11.1 Å². The molecule has 15 heavy (non-hydrogen) atoms. The summed E-state index contributed by atoms with van der Waals surface area (Å²) in [6.45, 7) is 3.62. The second kappa shape index (κ2) is 3.29. The molecule has 0 bridgehead atoms. The molecule has 1 atom stereocenters. The summed E-state index contributed by atoms with van der Waals surface area (Å²) >= 11 is 0. The fourth-order valence-electron chi connectivity index (χ4n) is 2.02. The smallest absolute Gasteiger partial charge is 0.186 e. The van der Waals surface area contributed by atoms with Gasteiger partial charge >= 0.3 is 0 Å². The Labute approximate surface area is 87.9 Å². The maximum absolute atomic E-state index is 11.6. The average molecular weight is 204 g/mol. The van der Waals surface area contributed by atoms with E-state index >= 15 is 0 Å². The van der Waals surface area contributed by atoms with E-state index in [4.69, 9.17) is 5.26 Å². The monoisotopic (exact) mass is 204 g/mol. The molecule has 1 aliphatic rings. The van der Waals surface area contributed by atoms with Crippen molar-refractivity contribution < 1.29 is 14.9 Å². The van der Waals surface area contributed by atoms with E-state index in [1.165, 1.54) is 6.08 Å². The van der Waals surface area contributed by atoms with Crippen LogP contribution in [0.25, 0.3) is 0 Å². The molecule has 78 valence electrons. The van der Waals surface area contributed by atoms with Crippen molar-refractivity contribution in [3.8, 4) is 0 Å². The van der Waals surface area contributed by atoms with Crippen LogP contribution in [0.3, 0.4) is 0 Å². The normalized spacial score (nSPS) is 24.1. The van der Waals surface area contributed by atoms with Crippen molar-refractivity contribution in [3.63, 3.8) is 0 Å². The van der Waals surface area contributed by atoms with Crippen molar-refractivity contribution in [2.24, 2.45) is 0 Å². The molecule has 1 N–H and O–H groups in total. The van der Waals surface area contributed by atoms with E-state index in [9.17, 15) is 4.79 Å². The molecule has 0 saturated heterocycles. The number of carbonyl (C=O) groups excluding carboxylic acids is 1. The van der Waals surface area contributed by atoms with Gasteiger partial charge in [-0.1, -0.05) is 18.2 Å². The zero-order valence-electron chi connectivity index (χ0n) is 8.65. The molecule has 0 fully saturated rings. The Hall–Kier alpha value is -1.45. The molecule has 3 nitrogen and oxygen atoms in total. The number of ketones is 1. The van der Waals surface area contributed by atoms with E-state index in [-0.39, 0.29) is 5.78 Å². The van der Waals surface area contributed by atoms with Crippen LogP contribution in [-0.4, -0.2) is 11.0 Å². The highest BCUT2D eigenvalue weighted by Gasteiger charge is 2.34. The molecule has 1 aliphatic carbocycles. The van der Waals surface area contributed by atoms with Crippen LogP contribution >= 0.6 is 0 Å². The lowest BCUT2D eigenvalue weighted by molar-refractivity contribution is -0.308. The van der Waals surface area contributed by atoms with Crippen LogP contribution < -0.4 is 0 Å². The third kappa shape index (κ3) is 1.40. The Morgan fingerprint density at radius 3 is 2.80 bits per heavy atom. The SMILES string of the molecule is Cc1cccc2c1[C@@](C)(OO)C=CC2=O. The summed E-state index contributed by atoms with van der Waals surface area (Å²) in [7, 11) is 0. The van der Waals surface area contributed by atoms with Crippen molar-refractivity contribution in [1.82, 2.24) is 0 Å². The number of carbonyl (C=O) groups is 1. The number of hydrogen-bond acceptors (Lipinski definition) is 3. The van der Waals surface area contributed by atoms with Crippen LogP contribution in [0.1, 0.15) is 28.4 Å². The van der Waals surface area contributed by atoms with Gasteiger partial charge < -0.3 is 0 Å². The number of hydrogen-bond donors (Lipinski definition) is 1. The Balaban J connectivity index is 2.73. The molecule has 1 aromatic carbocycles. The second-order valence-electron chi connectivity index (χ2n) is 3.89. The first-order valence-electron chi connectivity index (χ1n) is 4.75. The first-order chi connectivity index (χ1) is 7.08. The van der Waals surface area contributed by atoms with Gasteiger partial charge in [0.15, 0.2) is 5.78 Å². The van der Waals surface area contributed by atoms with Gasteiger partial charge in [-0.2, -0.15) is 0 Å². The van der Waals surface area contributed by atoms with Gasteiger partial charge in [0.2, 0.25) is 0 Å². The summed E-state index contributed by atoms with van der Waals surface area (Å²) in [5.74, 6) is -0.0526. The molecule has 3 heteroatoms. The van der Waals surface area contributed by atoms with Crippen molar-refractivity contribution >= 4 is 5.78 Å². The topological polar surface area (TPSA) is 46.5 Å². The van der Waals surface area contributed by atoms with Gasteiger partial charge in [0.05, 0.1) is 0 Å². The summed E-state index contributed by atoms with van der Waals surface area (Å²) < 4.78 is 0. The molecule has 0 radical (unpaired) electrons. The number of fused-ring (bicyclic) bond motifs is 1. The molecule has 0 unspecified atom stereocenters. The van der Waals surface area contributed by atoms with Crippen molar-refractivity contribution in [1.29, 1.82) is 0 Å². The highest BCUT2D eigenvalue weighted by atomic mass is 17.1. The zero-order chi connectivity index (χ0) is 11.1. The van der Waals surface area contributed by atoms with Gasteiger partial charge in [0.25, 0.3) is 0 Å².